The van der Waals surface area contributed by atoms with Crippen molar-refractivity contribution in [1.29, 1.82) is 0 Å². The largest absolute Gasteiger partial charge is 0.394 e. The summed E-state index contributed by atoms with van der Waals surface area (Å²) in [5.74, 6) is -0.617. The smallest absolute Gasteiger partial charge is 0.249 e. The Morgan fingerprint density at radius 1 is 0.615 bits per heavy atom. The second-order valence-electron chi connectivity index (χ2n) is 10.8. The molecule has 0 saturated heterocycles. The highest BCUT2D eigenvalue weighted by atomic mass is 16.3. The molecule has 0 saturated carbocycles. The van der Waals surface area contributed by atoms with Gasteiger partial charge in [0.15, 0.2) is 0 Å². The predicted molar refractivity (Wildman–Crippen MR) is 164 cm³/mol. The number of carbonyl (C=O) groups is 1. The molecule has 0 heterocycles. The summed E-state index contributed by atoms with van der Waals surface area (Å²) in [4.78, 5) is 12.3. The number of hydrogen-bond donors (Lipinski definition) is 5. The first kappa shape index (κ1) is 37.5. The van der Waals surface area contributed by atoms with E-state index in [0.29, 0.717) is 19.3 Å². The molecule has 6 nitrogen and oxygen atoms in total. The molecule has 0 aliphatic heterocycles. The third kappa shape index (κ3) is 23.0. The zero-order valence-electron chi connectivity index (χ0n) is 25.1. The molecule has 0 spiro atoms. The van der Waals surface area contributed by atoms with E-state index in [0.717, 1.165) is 51.4 Å². The van der Waals surface area contributed by atoms with Crippen LogP contribution in [0.3, 0.4) is 0 Å². The van der Waals surface area contributed by atoms with Gasteiger partial charge in [-0.2, -0.15) is 0 Å². The number of aliphatic hydroxyl groups excluding tert-OH is 4. The van der Waals surface area contributed by atoms with E-state index < -0.39 is 36.9 Å². The van der Waals surface area contributed by atoms with Crippen LogP contribution in [0, 0.1) is 0 Å². The minimum absolute atomic E-state index is 0.337. The number of unbranched alkanes of at least 4 members (excludes halogenated alkanes) is 12. The van der Waals surface area contributed by atoms with Gasteiger partial charge in [0.1, 0.15) is 12.2 Å². The fourth-order valence-electron chi connectivity index (χ4n) is 4.40. The molecular formula is C33H61NO5. The van der Waals surface area contributed by atoms with Crippen molar-refractivity contribution < 1.29 is 25.2 Å². The second kappa shape index (κ2) is 28.1. The van der Waals surface area contributed by atoms with Crippen LogP contribution < -0.4 is 5.32 Å². The number of allylic oxidation sites excluding steroid dienone is 6. The summed E-state index contributed by atoms with van der Waals surface area (Å²) in [7, 11) is 0. The second-order valence-corrected chi connectivity index (χ2v) is 10.8. The lowest BCUT2D eigenvalue weighted by molar-refractivity contribution is -0.132. The maximum absolute atomic E-state index is 12.3. The zero-order chi connectivity index (χ0) is 29.0. The number of amides is 1. The zero-order valence-corrected chi connectivity index (χ0v) is 25.1. The van der Waals surface area contributed by atoms with E-state index >= 15 is 0 Å². The van der Waals surface area contributed by atoms with Gasteiger partial charge in [-0.05, 0) is 70.6 Å². The van der Waals surface area contributed by atoms with Crippen LogP contribution >= 0.6 is 0 Å². The monoisotopic (exact) mass is 551 g/mol. The Hall–Kier alpha value is -1.47. The van der Waals surface area contributed by atoms with E-state index in [-0.39, 0.29) is 0 Å². The van der Waals surface area contributed by atoms with Crippen molar-refractivity contribution in [2.45, 2.75) is 160 Å². The summed E-state index contributed by atoms with van der Waals surface area (Å²) in [6, 6.07) is -1.01. The molecule has 1 amide bonds. The van der Waals surface area contributed by atoms with Crippen molar-refractivity contribution in [1.82, 2.24) is 5.32 Å². The third-order valence-corrected chi connectivity index (χ3v) is 7.05. The molecule has 5 N–H and O–H groups in total. The van der Waals surface area contributed by atoms with Crippen molar-refractivity contribution >= 4 is 5.91 Å². The number of hydrogen-bond acceptors (Lipinski definition) is 5. The molecule has 0 aliphatic carbocycles. The quantitative estimate of drug-likeness (QED) is 0.0579. The Labute approximate surface area is 239 Å². The average Bonchev–Trinajstić information content (AvgIpc) is 2.94. The molecule has 0 aromatic carbocycles. The van der Waals surface area contributed by atoms with Crippen LogP contribution in [0.25, 0.3) is 0 Å². The van der Waals surface area contributed by atoms with Crippen LogP contribution in [-0.4, -0.2) is 57.3 Å². The van der Waals surface area contributed by atoms with Gasteiger partial charge in [-0.1, -0.05) is 102 Å². The summed E-state index contributed by atoms with van der Waals surface area (Å²) in [5.41, 5.74) is 0. The number of aliphatic hydroxyl groups is 4. The third-order valence-electron chi connectivity index (χ3n) is 7.05. The summed E-state index contributed by atoms with van der Waals surface area (Å²) in [6.45, 7) is 3.91. The molecule has 6 heteroatoms. The average molecular weight is 552 g/mol. The molecular weight excluding hydrogens is 490 g/mol. The Kier molecular flexibility index (Phi) is 27.0. The molecule has 0 radical (unpaired) electrons. The molecule has 39 heavy (non-hydrogen) atoms. The van der Waals surface area contributed by atoms with Crippen molar-refractivity contribution in [2.24, 2.45) is 0 Å². The topological polar surface area (TPSA) is 110 Å². The van der Waals surface area contributed by atoms with Gasteiger partial charge in [-0.25, -0.2) is 0 Å². The first-order valence-electron chi connectivity index (χ1n) is 15.9. The summed E-state index contributed by atoms with van der Waals surface area (Å²) in [6.07, 6.45) is 28.8. The van der Waals surface area contributed by atoms with Crippen LogP contribution in [-0.2, 0) is 4.79 Å². The minimum atomic E-state index is -1.29. The Balaban J connectivity index is 4.01. The highest BCUT2D eigenvalue weighted by Crippen LogP contribution is 2.12. The van der Waals surface area contributed by atoms with Gasteiger partial charge in [0, 0.05) is 0 Å². The van der Waals surface area contributed by atoms with E-state index in [2.05, 4.69) is 55.6 Å². The van der Waals surface area contributed by atoms with Crippen molar-refractivity contribution in [3.05, 3.63) is 36.5 Å². The first-order chi connectivity index (χ1) is 19.0. The van der Waals surface area contributed by atoms with Crippen molar-refractivity contribution in [3.8, 4) is 0 Å². The minimum Gasteiger partial charge on any atom is -0.394 e. The van der Waals surface area contributed by atoms with Gasteiger partial charge < -0.3 is 25.7 Å². The van der Waals surface area contributed by atoms with Gasteiger partial charge in [0.2, 0.25) is 5.91 Å². The molecule has 0 aromatic rings. The molecule has 4 atom stereocenters. The van der Waals surface area contributed by atoms with Crippen LogP contribution in [0.1, 0.15) is 136 Å². The maximum Gasteiger partial charge on any atom is 0.249 e. The van der Waals surface area contributed by atoms with Crippen LogP contribution in [0.4, 0.5) is 0 Å². The summed E-state index contributed by atoms with van der Waals surface area (Å²) in [5, 5.41) is 43.1. The molecule has 0 fully saturated rings. The summed E-state index contributed by atoms with van der Waals surface area (Å²) >= 11 is 0. The van der Waals surface area contributed by atoms with E-state index in [1.807, 2.05) is 0 Å². The van der Waals surface area contributed by atoms with Gasteiger partial charge in [0.05, 0.1) is 18.8 Å². The van der Waals surface area contributed by atoms with Crippen LogP contribution in [0.2, 0.25) is 0 Å². The predicted octanol–water partition coefficient (Wildman–Crippen LogP) is 6.67. The fraction of sp³-hybridized carbons (Fsp3) is 0.788. The Bertz CT molecular complexity index is 634. The molecule has 0 aromatic heterocycles. The number of rotatable bonds is 27. The van der Waals surface area contributed by atoms with Gasteiger partial charge in [0.25, 0.3) is 0 Å². The molecule has 228 valence electrons. The van der Waals surface area contributed by atoms with Gasteiger partial charge in [-0.15, -0.1) is 0 Å². The number of carbonyl (C=O) groups excluding carboxylic acids is 1. The van der Waals surface area contributed by atoms with Gasteiger partial charge in [-0.3, -0.25) is 4.79 Å². The first-order valence-corrected chi connectivity index (χ1v) is 15.9. The van der Waals surface area contributed by atoms with E-state index in [4.69, 9.17) is 0 Å². The van der Waals surface area contributed by atoms with Crippen LogP contribution in [0.5, 0.6) is 0 Å². The van der Waals surface area contributed by atoms with E-state index in [9.17, 15) is 25.2 Å². The Morgan fingerprint density at radius 3 is 1.67 bits per heavy atom. The van der Waals surface area contributed by atoms with Crippen molar-refractivity contribution in [2.75, 3.05) is 6.61 Å². The van der Waals surface area contributed by atoms with Crippen LogP contribution in [0.15, 0.2) is 36.5 Å². The maximum atomic E-state index is 12.3. The lowest BCUT2D eigenvalue weighted by atomic mass is 10.00. The van der Waals surface area contributed by atoms with Gasteiger partial charge >= 0.3 is 0 Å². The lowest BCUT2D eigenvalue weighted by Gasteiger charge is -2.27. The lowest BCUT2D eigenvalue weighted by Crippen LogP contribution is -2.53. The Morgan fingerprint density at radius 2 is 1.10 bits per heavy atom. The summed E-state index contributed by atoms with van der Waals surface area (Å²) < 4.78 is 0. The van der Waals surface area contributed by atoms with E-state index in [1.54, 1.807) is 0 Å². The normalized spacial score (nSPS) is 15.3. The molecule has 0 aliphatic rings. The SMILES string of the molecule is CCCC/C=C\CCCCCC(O)C(=O)NC(CO)C(O)C(O)CCC/C=C/CC/C=C/CCCCCCC. The van der Waals surface area contributed by atoms with E-state index in [1.165, 1.54) is 51.4 Å². The molecule has 0 bridgehead atoms. The van der Waals surface area contributed by atoms with Crippen molar-refractivity contribution in [3.63, 3.8) is 0 Å². The highest BCUT2D eigenvalue weighted by Gasteiger charge is 2.28. The fourth-order valence-corrected chi connectivity index (χ4v) is 4.40. The number of nitrogens with one attached hydrogen (secondary N) is 1. The molecule has 0 rings (SSSR count). The standard InChI is InChI=1S/C33H61NO5/c1-3-5-7-9-11-13-14-15-16-17-19-20-22-24-26-30(36)32(38)29(28-35)34-33(39)31(37)27-25-23-21-18-12-10-8-6-4-2/h10,12,14-15,19-20,29-32,35-38H,3-9,11,13,16-18,21-28H2,1-2H3,(H,34,39)/b12-10-,15-14+,20-19+. The highest BCUT2D eigenvalue weighted by molar-refractivity contribution is 5.80. The molecule has 4 unspecified atom stereocenters.